The molecule has 3 aliphatic rings. The highest BCUT2D eigenvalue weighted by Gasteiger charge is 2.42. The van der Waals surface area contributed by atoms with Crippen LogP contribution in [0.2, 0.25) is 0 Å². The van der Waals surface area contributed by atoms with Gasteiger partial charge in [-0.1, -0.05) is 48.5 Å². The summed E-state index contributed by atoms with van der Waals surface area (Å²) in [5.74, 6) is -2.30. The van der Waals surface area contributed by atoms with E-state index in [1.54, 1.807) is 0 Å². The van der Waals surface area contributed by atoms with Gasteiger partial charge in [-0.3, -0.25) is 9.59 Å². The molecule has 2 amide bonds. The maximum atomic E-state index is 13.2. The van der Waals surface area contributed by atoms with Crippen LogP contribution in [0.25, 0.3) is 11.1 Å². The first-order chi connectivity index (χ1) is 16.4. The number of carboxylic acid groups (broad SMARTS) is 1. The molecule has 178 valence electrons. The fourth-order valence-corrected chi connectivity index (χ4v) is 5.21. The van der Waals surface area contributed by atoms with Crippen molar-refractivity contribution >= 4 is 18.0 Å². The van der Waals surface area contributed by atoms with Crippen molar-refractivity contribution in [2.24, 2.45) is 11.8 Å². The maximum absolute atomic E-state index is 13.2. The highest BCUT2D eigenvalue weighted by atomic mass is 16.5. The number of amides is 2. The number of nitrogens with zero attached hydrogens (tertiary/aromatic N) is 1. The summed E-state index contributed by atoms with van der Waals surface area (Å²) in [4.78, 5) is 38.7. The van der Waals surface area contributed by atoms with Crippen LogP contribution in [0.1, 0.15) is 36.3 Å². The van der Waals surface area contributed by atoms with Crippen molar-refractivity contribution < 1.29 is 29.3 Å². The molecule has 1 saturated heterocycles. The van der Waals surface area contributed by atoms with E-state index in [4.69, 9.17) is 4.74 Å². The molecule has 8 nitrogen and oxygen atoms in total. The minimum atomic E-state index is -1.04. The number of carboxylic acids is 1. The van der Waals surface area contributed by atoms with Gasteiger partial charge in [0.1, 0.15) is 12.6 Å². The van der Waals surface area contributed by atoms with E-state index < -0.39 is 30.1 Å². The number of ether oxygens (including phenoxy) is 1. The summed E-state index contributed by atoms with van der Waals surface area (Å²) in [6.07, 6.45) is 0.164. The summed E-state index contributed by atoms with van der Waals surface area (Å²) < 4.78 is 5.60. The fraction of sp³-hybridized carbons (Fsp3) is 0.423. The molecule has 3 N–H and O–H groups in total. The van der Waals surface area contributed by atoms with Gasteiger partial charge in [0.25, 0.3) is 0 Å². The molecule has 3 atom stereocenters. The Kier molecular flexibility index (Phi) is 6.00. The number of carbonyl (C=O) groups excluding carboxylic acids is 2. The number of hydrogen-bond acceptors (Lipinski definition) is 5. The van der Waals surface area contributed by atoms with Crippen LogP contribution in [0.15, 0.2) is 48.5 Å². The number of nitrogens with one attached hydrogen (secondary N) is 1. The lowest BCUT2D eigenvalue weighted by Gasteiger charge is -2.36. The smallest absolute Gasteiger partial charge is 0.407 e. The molecule has 1 heterocycles. The number of hydrogen-bond donors (Lipinski definition) is 3. The van der Waals surface area contributed by atoms with E-state index >= 15 is 0 Å². The van der Waals surface area contributed by atoms with E-state index in [1.807, 2.05) is 36.4 Å². The second-order valence-corrected chi connectivity index (χ2v) is 9.45. The van der Waals surface area contributed by atoms with E-state index in [-0.39, 0.29) is 43.9 Å². The number of aliphatic hydroxyl groups excluding tert-OH is 1. The Morgan fingerprint density at radius 1 is 1.00 bits per heavy atom. The summed E-state index contributed by atoms with van der Waals surface area (Å²) in [5.41, 5.74) is 4.48. The number of piperidine rings is 1. The van der Waals surface area contributed by atoms with E-state index in [0.717, 1.165) is 35.1 Å². The van der Waals surface area contributed by atoms with E-state index in [9.17, 15) is 24.6 Å². The molecule has 3 unspecified atom stereocenters. The zero-order valence-electron chi connectivity index (χ0n) is 18.7. The van der Waals surface area contributed by atoms with Crippen LogP contribution in [0.5, 0.6) is 0 Å². The number of alkyl carbamates (subject to hydrolysis) is 1. The van der Waals surface area contributed by atoms with Crippen LogP contribution < -0.4 is 5.32 Å². The van der Waals surface area contributed by atoms with Gasteiger partial charge in [-0.25, -0.2) is 4.79 Å². The second-order valence-electron chi connectivity index (χ2n) is 9.45. The third-order valence-corrected chi connectivity index (χ3v) is 7.07. The van der Waals surface area contributed by atoms with E-state index in [1.165, 1.54) is 4.90 Å². The van der Waals surface area contributed by atoms with Crippen molar-refractivity contribution in [3.8, 4) is 11.1 Å². The first kappa shape index (κ1) is 22.4. The Balaban J connectivity index is 1.25. The summed E-state index contributed by atoms with van der Waals surface area (Å²) in [6, 6.07) is 15.3. The quantitative estimate of drug-likeness (QED) is 0.605. The lowest BCUT2D eigenvalue weighted by molar-refractivity contribution is -0.149. The highest BCUT2D eigenvalue weighted by molar-refractivity contribution is 5.87. The zero-order chi connectivity index (χ0) is 23.8. The van der Waals surface area contributed by atoms with Crippen molar-refractivity contribution in [3.05, 3.63) is 59.7 Å². The maximum Gasteiger partial charge on any atom is 0.407 e. The molecule has 2 aromatic rings. The molecule has 1 saturated carbocycles. The standard InChI is InChI=1S/C26H28N2O6/c29-17-11-16(25(31)32)12-28(13-17)24(30)23(15-9-10-15)27-26(33)34-14-22-20-7-3-1-5-18(20)19-6-2-4-8-21(19)22/h1-8,15-17,22-23,29H,9-14H2,(H,27,33)(H,31,32). The minimum absolute atomic E-state index is 0.00432. The SMILES string of the molecule is O=C(NC(C(=O)N1CC(O)CC(C(=O)O)C1)C1CC1)OCC1c2ccccc2-c2ccccc21. The van der Waals surface area contributed by atoms with E-state index in [0.29, 0.717) is 0 Å². The molecule has 0 aromatic heterocycles. The number of fused-ring (bicyclic) bond motifs is 3. The molecule has 0 radical (unpaired) electrons. The average Bonchev–Trinajstić information content (AvgIpc) is 3.63. The topological polar surface area (TPSA) is 116 Å². The summed E-state index contributed by atoms with van der Waals surface area (Å²) in [7, 11) is 0. The average molecular weight is 465 g/mol. The largest absolute Gasteiger partial charge is 0.481 e. The summed E-state index contributed by atoms with van der Waals surface area (Å²) in [6.45, 7) is 0.244. The Morgan fingerprint density at radius 2 is 1.62 bits per heavy atom. The van der Waals surface area contributed by atoms with Crippen LogP contribution in [0.4, 0.5) is 4.79 Å². The van der Waals surface area contributed by atoms with Crippen molar-refractivity contribution in [2.75, 3.05) is 19.7 Å². The van der Waals surface area contributed by atoms with Crippen molar-refractivity contribution in [1.29, 1.82) is 0 Å². The number of aliphatic hydroxyl groups is 1. The molecule has 1 aliphatic heterocycles. The molecular weight excluding hydrogens is 436 g/mol. The summed E-state index contributed by atoms with van der Waals surface area (Å²) >= 11 is 0. The zero-order valence-corrected chi connectivity index (χ0v) is 18.7. The first-order valence-corrected chi connectivity index (χ1v) is 11.7. The molecule has 5 rings (SSSR count). The van der Waals surface area contributed by atoms with Crippen molar-refractivity contribution in [1.82, 2.24) is 10.2 Å². The predicted molar refractivity (Wildman–Crippen MR) is 123 cm³/mol. The minimum Gasteiger partial charge on any atom is -0.481 e. The van der Waals surface area contributed by atoms with Gasteiger partial charge in [-0.2, -0.15) is 0 Å². The number of β-amino-alcohol motifs (C(OH)–C–C–N with tert-alkyl or cyclic N) is 1. The highest BCUT2D eigenvalue weighted by Crippen LogP contribution is 2.44. The van der Waals surface area contributed by atoms with Crippen LogP contribution in [0, 0.1) is 11.8 Å². The number of benzene rings is 2. The third kappa shape index (κ3) is 4.37. The predicted octanol–water partition coefficient (Wildman–Crippen LogP) is 2.60. The molecule has 8 heteroatoms. The molecule has 34 heavy (non-hydrogen) atoms. The van der Waals surface area contributed by atoms with Crippen LogP contribution in [-0.4, -0.2) is 64.9 Å². The Morgan fingerprint density at radius 3 is 2.21 bits per heavy atom. The number of rotatable bonds is 6. The van der Waals surface area contributed by atoms with Crippen LogP contribution in [0.3, 0.4) is 0 Å². The van der Waals surface area contributed by atoms with Gasteiger partial charge in [-0.15, -0.1) is 0 Å². The summed E-state index contributed by atoms with van der Waals surface area (Å²) in [5, 5.41) is 22.1. The number of carbonyl (C=O) groups is 3. The van der Waals surface area contributed by atoms with Gasteiger partial charge >= 0.3 is 12.1 Å². The van der Waals surface area contributed by atoms with Crippen LogP contribution >= 0.6 is 0 Å². The number of aliphatic carboxylic acids is 1. The third-order valence-electron chi connectivity index (χ3n) is 7.07. The van der Waals surface area contributed by atoms with Crippen LogP contribution in [-0.2, 0) is 14.3 Å². The lowest BCUT2D eigenvalue weighted by atomic mass is 9.95. The van der Waals surface area contributed by atoms with Gasteiger partial charge < -0.3 is 25.2 Å². The first-order valence-electron chi connectivity index (χ1n) is 11.7. The van der Waals surface area contributed by atoms with Gasteiger partial charge in [0.15, 0.2) is 0 Å². The van der Waals surface area contributed by atoms with Gasteiger partial charge in [-0.05, 0) is 47.4 Å². The van der Waals surface area contributed by atoms with Gasteiger partial charge in [0.2, 0.25) is 5.91 Å². The van der Waals surface area contributed by atoms with Crippen molar-refractivity contribution in [3.63, 3.8) is 0 Å². The van der Waals surface area contributed by atoms with E-state index in [2.05, 4.69) is 17.4 Å². The number of likely N-dealkylation sites (tertiary alicyclic amines) is 1. The molecule has 0 spiro atoms. The molecule has 2 aromatic carbocycles. The van der Waals surface area contributed by atoms with Gasteiger partial charge in [0.05, 0.1) is 12.0 Å². The van der Waals surface area contributed by atoms with Gasteiger partial charge in [0, 0.05) is 19.0 Å². The lowest BCUT2D eigenvalue weighted by Crippen LogP contribution is -2.55. The molecule has 0 bridgehead atoms. The second kappa shape index (κ2) is 9.10. The van der Waals surface area contributed by atoms with Crippen molar-refractivity contribution in [2.45, 2.75) is 37.3 Å². The Bertz CT molecular complexity index is 1070. The molecule has 2 fully saturated rings. The monoisotopic (exact) mass is 464 g/mol. The molecule has 2 aliphatic carbocycles. The fourth-order valence-electron chi connectivity index (χ4n) is 5.21. The molecular formula is C26H28N2O6. The Hall–Kier alpha value is -3.39. The Labute approximate surface area is 197 Å². The normalized spacial score (nSPS) is 22.4.